The SMILES string of the molecule is CNC(=O)c1c(-c2ccc(C)cc2)oc2cc(N(CCF)S(C)(=O)=O)c(-c3cccc(C(=O)N4CCn5cccc5C4c4cccnc4)c3)cc12. The van der Waals surface area contributed by atoms with Crippen LogP contribution >= 0.6 is 0 Å². The lowest BCUT2D eigenvalue weighted by Gasteiger charge is -2.37. The van der Waals surface area contributed by atoms with Crippen LogP contribution in [0.5, 0.6) is 0 Å². The Labute approximate surface area is 295 Å². The normalized spacial score (nSPS) is 14.4. The van der Waals surface area contributed by atoms with E-state index in [1.54, 1.807) is 42.7 Å². The number of nitrogens with one attached hydrogen (secondary N) is 1. The first-order chi connectivity index (χ1) is 24.6. The van der Waals surface area contributed by atoms with Crippen LogP contribution in [0.3, 0.4) is 0 Å². The Balaban J connectivity index is 1.40. The molecule has 51 heavy (non-hydrogen) atoms. The number of sulfonamides is 1. The van der Waals surface area contributed by atoms with Gasteiger partial charge in [-0.1, -0.05) is 48.0 Å². The molecule has 3 aromatic carbocycles. The summed E-state index contributed by atoms with van der Waals surface area (Å²) >= 11 is 0. The van der Waals surface area contributed by atoms with Gasteiger partial charge in [0, 0.05) is 72.6 Å². The Hall–Kier alpha value is -5.75. The van der Waals surface area contributed by atoms with Gasteiger partial charge < -0.3 is 19.2 Å². The van der Waals surface area contributed by atoms with Gasteiger partial charge in [-0.05, 0) is 54.4 Å². The molecule has 1 N–H and O–H groups in total. The number of rotatable bonds is 9. The number of furan rings is 1. The predicted molar refractivity (Wildman–Crippen MR) is 195 cm³/mol. The first-order valence-corrected chi connectivity index (χ1v) is 18.3. The number of aromatic nitrogens is 2. The molecule has 12 heteroatoms. The standard InChI is InChI=1S/C39H36FN5O5S/c1-25-11-13-26(14-12-25)37-35(38(46)41-2)31-22-30(33(23-34(31)50-37)45(18-15-40)51(3,48)49)27-7-4-8-28(21-27)39(47)44-20-19-43-17-6-10-32(43)36(44)29-9-5-16-42-24-29/h4-14,16-17,21-24,36H,15,18-20H2,1-3H3,(H,41,46). The van der Waals surface area contributed by atoms with Crippen LogP contribution in [0.15, 0.2) is 108 Å². The molecule has 0 fully saturated rings. The van der Waals surface area contributed by atoms with Crippen molar-refractivity contribution >= 4 is 38.5 Å². The summed E-state index contributed by atoms with van der Waals surface area (Å²) in [5.74, 6) is -0.309. The molecule has 0 spiro atoms. The molecule has 3 aromatic heterocycles. The molecule has 1 aliphatic rings. The van der Waals surface area contributed by atoms with Crippen molar-refractivity contribution in [2.75, 3.05) is 37.4 Å². The maximum atomic E-state index is 14.4. The molecular weight excluding hydrogens is 670 g/mol. The lowest BCUT2D eigenvalue weighted by atomic mass is 9.96. The fourth-order valence-electron chi connectivity index (χ4n) is 6.85. The second-order valence-electron chi connectivity index (χ2n) is 12.5. The summed E-state index contributed by atoms with van der Waals surface area (Å²) in [4.78, 5) is 34.0. The van der Waals surface area contributed by atoms with Gasteiger partial charge in [-0.25, -0.2) is 12.8 Å². The van der Waals surface area contributed by atoms with Crippen molar-refractivity contribution < 1.29 is 26.8 Å². The highest BCUT2D eigenvalue weighted by molar-refractivity contribution is 7.92. The van der Waals surface area contributed by atoms with Crippen LogP contribution in [0.1, 0.15) is 43.6 Å². The molecular formula is C39H36FN5O5S. The number of amides is 2. The second kappa shape index (κ2) is 13.5. The largest absolute Gasteiger partial charge is 0.455 e. The molecule has 0 aliphatic carbocycles. The molecule has 0 saturated carbocycles. The molecule has 10 nitrogen and oxygen atoms in total. The van der Waals surface area contributed by atoms with Crippen LogP contribution in [0.4, 0.5) is 10.1 Å². The minimum absolute atomic E-state index is 0.156. The zero-order valence-corrected chi connectivity index (χ0v) is 29.2. The Kier molecular flexibility index (Phi) is 8.94. The molecule has 4 heterocycles. The Morgan fingerprint density at radius 1 is 1.00 bits per heavy atom. The van der Waals surface area contributed by atoms with Crippen LogP contribution in [0.25, 0.3) is 33.4 Å². The second-order valence-corrected chi connectivity index (χ2v) is 14.4. The summed E-state index contributed by atoms with van der Waals surface area (Å²) in [6.45, 7) is 1.64. The summed E-state index contributed by atoms with van der Waals surface area (Å²) in [5, 5.41) is 3.13. The minimum atomic E-state index is -3.98. The fourth-order valence-corrected chi connectivity index (χ4v) is 7.76. The Bertz CT molecular complexity index is 2370. The summed E-state index contributed by atoms with van der Waals surface area (Å²) in [6, 6.07) is 25.0. The van der Waals surface area contributed by atoms with Crippen molar-refractivity contribution in [2.45, 2.75) is 19.5 Å². The van der Waals surface area contributed by atoms with Gasteiger partial charge in [-0.2, -0.15) is 0 Å². The minimum Gasteiger partial charge on any atom is -0.455 e. The number of alkyl halides is 1. The lowest BCUT2D eigenvalue weighted by molar-refractivity contribution is 0.0663. The van der Waals surface area contributed by atoms with Gasteiger partial charge in [0.05, 0.1) is 30.1 Å². The number of halogens is 1. The third-order valence-corrected chi connectivity index (χ3v) is 10.4. The summed E-state index contributed by atoms with van der Waals surface area (Å²) in [7, 11) is -2.45. The molecule has 6 aromatic rings. The number of nitrogens with zero attached hydrogens (tertiary/aromatic N) is 4. The highest BCUT2D eigenvalue weighted by Gasteiger charge is 2.33. The third-order valence-electron chi connectivity index (χ3n) is 9.25. The van der Waals surface area contributed by atoms with E-state index >= 15 is 0 Å². The fraction of sp³-hybridized carbons (Fsp3) is 0.205. The van der Waals surface area contributed by atoms with E-state index in [9.17, 15) is 22.4 Å². The maximum Gasteiger partial charge on any atom is 0.255 e. The number of hydrogen-bond acceptors (Lipinski definition) is 6. The number of benzene rings is 3. The first-order valence-electron chi connectivity index (χ1n) is 16.5. The van der Waals surface area contributed by atoms with Crippen LogP contribution in [-0.4, -0.2) is 67.8 Å². The van der Waals surface area contributed by atoms with Crippen molar-refractivity contribution in [2.24, 2.45) is 0 Å². The smallest absolute Gasteiger partial charge is 0.255 e. The molecule has 1 unspecified atom stereocenters. The van der Waals surface area contributed by atoms with Gasteiger partial charge in [0.1, 0.15) is 18.0 Å². The van der Waals surface area contributed by atoms with E-state index in [1.165, 1.54) is 13.1 Å². The number of anilines is 1. The van der Waals surface area contributed by atoms with Crippen molar-refractivity contribution in [1.29, 1.82) is 0 Å². The molecule has 0 radical (unpaired) electrons. The average molecular weight is 706 g/mol. The molecule has 1 aliphatic heterocycles. The van der Waals surface area contributed by atoms with Gasteiger partial charge in [-0.15, -0.1) is 0 Å². The van der Waals surface area contributed by atoms with Crippen LogP contribution in [0, 0.1) is 6.92 Å². The summed E-state index contributed by atoms with van der Waals surface area (Å²) < 4.78 is 49.7. The number of pyridine rings is 1. The van der Waals surface area contributed by atoms with Gasteiger partial charge >= 0.3 is 0 Å². The Morgan fingerprint density at radius 3 is 2.51 bits per heavy atom. The molecule has 260 valence electrons. The van der Waals surface area contributed by atoms with E-state index in [4.69, 9.17) is 4.42 Å². The van der Waals surface area contributed by atoms with E-state index in [2.05, 4.69) is 14.9 Å². The van der Waals surface area contributed by atoms with E-state index < -0.39 is 29.1 Å². The highest BCUT2D eigenvalue weighted by Crippen LogP contribution is 2.42. The Morgan fingerprint density at radius 2 is 1.80 bits per heavy atom. The topological polar surface area (TPSA) is 118 Å². The molecule has 0 bridgehead atoms. The van der Waals surface area contributed by atoms with Crippen molar-refractivity contribution in [3.05, 3.63) is 131 Å². The third kappa shape index (κ3) is 6.27. The molecule has 2 amide bonds. The summed E-state index contributed by atoms with van der Waals surface area (Å²) in [6.07, 6.45) is 6.46. The monoisotopic (exact) mass is 705 g/mol. The van der Waals surface area contributed by atoms with E-state index in [0.29, 0.717) is 46.5 Å². The average Bonchev–Trinajstić information content (AvgIpc) is 3.77. The predicted octanol–water partition coefficient (Wildman–Crippen LogP) is 6.61. The number of aryl methyl sites for hydroxylation is 1. The van der Waals surface area contributed by atoms with Gasteiger partial charge in [0.15, 0.2) is 0 Å². The molecule has 0 saturated heterocycles. The van der Waals surface area contributed by atoms with Crippen molar-refractivity contribution in [3.8, 4) is 22.5 Å². The number of carbonyl (C=O) groups excluding carboxylic acids is 2. The van der Waals surface area contributed by atoms with E-state index in [1.807, 2.05) is 66.6 Å². The zero-order valence-electron chi connectivity index (χ0n) is 28.3. The van der Waals surface area contributed by atoms with Crippen LogP contribution < -0.4 is 9.62 Å². The van der Waals surface area contributed by atoms with Crippen LogP contribution in [-0.2, 0) is 16.6 Å². The first kappa shape index (κ1) is 33.7. The molecule has 7 rings (SSSR count). The van der Waals surface area contributed by atoms with E-state index in [0.717, 1.165) is 27.4 Å². The number of fused-ring (bicyclic) bond motifs is 2. The number of hydrogen-bond donors (Lipinski definition) is 1. The van der Waals surface area contributed by atoms with Crippen LogP contribution in [0.2, 0.25) is 0 Å². The lowest BCUT2D eigenvalue weighted by Crippen LogP contribution is -2.42. The quantitative estimate of drug-likeness (QED) is 0.181. The molecule has 1 atom stereocenters. The van der Waals surface area contributed by atoms with Crippen molar-refractivity contribution in [3.63, 3.8) is 0 Å². The van der Waals surface area contributed by atoms with E-state index in [-0.39, 0.29) is 28.8 Å². The number of carbonyl (C=O) groups is 2. The van der Waals surface area contributed by atoms with Crippen molar-refractivity contribution in [1.82, 2.24) is 19.8 Å². The highest BCUT2D eigenvalue weighted by atomic mass is 32.2. The maximum absolute atomic E-state index is 14.4. The van der Waals surface area contributed by atoms with Gasteiger partial charge in [-0.3, -0.25) is 18.9 Å². The summed E-state index contributed by atoms with van der Waals surface area (Å²) in [5.41, 5.74) is 5.45. The van der Waals surface area contributed by atoms with Gasteiger partial charge in [0.25, 0.3) is 11.8 Å². The van der Waals surface area contributed by atoms with Gasteiger partial charge in [0.2, 0.25) is 10.0 Å². The zero-order chi connectivity index (χ0) is 35.9.